The molecule has 1 amide bonds. The monoisotopic (exact) mass is 261 g/mol. The second-order valence-electron chi connectivity index (χ2n) is 4.02. The van der Waals surface area contributed by atoms with Crippen LogP contribution in [0.25, 0.3) is 5.69 Å². The number of para-hydroxylation sites is 1. The lowest BCUT2D eigenvalue weighted by Gasteiger charge is -2.11. The van der Waals surface area contributed by atoms with Crippen LogP contribution < -0.4 is 5.32 Å². The summed E-state index contributed by atoms with van der Waals surface area (Å²) < 4.78 is 1.59. The van der Waals surface area contributed by atoms with E-state index in [1.165, 1.54) is 0 Å². The Morgan fingerprint density at radius 3 is 2.53 bits per heavy atom. The Hall–Kier alpha value is -2.18. The molecule has 0 aliphatic rings. The summed E-state index contributed by atoms with van der Waals surface area (Å²) in [6.45, 7) is -0.636. The molecule has 0 fully saturated rings. The number of rotatable bonds is 5. The van der Waals surface area contributed by atoms with Crippen LogP contribution >= 0.6 is 0 Å². The molecule has 0 aliphatic carbocycles. The Morgan fingerprint density at radius 1 is 1.21 bits per heavy atom. The lowest BCUT2D eigenvalue weighted by molar-refractivity contribution is 0.0874. The van der Waals surface area contributed by atoms with Crippen molar-refractivity contribution in [3.8, 4) is 5.69 Å². The number of aromatic nitrogens is 2. The number of hydrogen-bond donors (Lipinski definition) is 3. The quantitative estimate of drug-likeness (QED) is 0.704. The fraction of sp³-hybridized carbons (Fsp3) is 0.231. The van der Waals surface area contributed by atoms with Gasteiger partial charge in [0.15, 0.2) is 5.69 Å². The number of carbonyl (C=O) groups excluding carboxylic acids is 1. The van der Waals surface area contributed by atoms with Gasteiger partial charge in [-0.15, -0.1) is 0 Å². The Morgan fingerprint density at radius 2 is 1.89 bits per heavy atom. The molecule has 0 saturated heterocycles. The summed E-state index contributed by atoms with van der Waals surface area (Å²) in [5, 5.41) is 24.4. The Balaban J connectivity index is 2.11. The molecule has 0 radical (unpaired) electrons. The number of benzene rings is 1. The first kappa shape index (κ1) is 13.3. The summed E-state index contributed by atoms with van der Waals surface area (Å²) in [5.41, 5.74) is 1.08. The van der Waals surface area contributed by atoms with Crippen LogP contribution in [0.1, 0.15) is 10.5 Å². The molecule has 2 rings (SSSR count). The van der Waals surface area contributed by atoms with Crippen LogP contribution in [-0.4, -0.2) is 45.2 Å². The maximum Gasteiger partial charge on any atom is 0.272 e. The van der Waals surface area contributed by atoms with E-state index in [-0.39, 0.29) is 18.9 Å². The molecule has 1 aromatic carbocycles. The van der Waals surface area contributed by atoms with Crippen molar-refractivity contribution in [1.82, 2.24) is 15.1 Å². The highest BCUT2D eigenvalue weighted by molar-refractivity contribution is 5.92. The predicted molar refractivity (Wildman–Crippen MR) is 69.0 cm³/mol. The molecule has 6 heteroatoms. The van der Waals surface area contributed by atoms with Gasteiger partial charge >= 0.3 is 0 Å². The summed E-state index contributed by atoms with van der Waals surface area (Å²) in [6, 6.07) is 10.3. The minimum atomic E-state index is -0.672. The Bertz CT molecular complexity index is 535. The minimum Gasteiger partial charge on any atom is -0.394 e. The van der Waals surface area contributed by atoms with Gasteiger partial charge in [0.25, 0.3) is 5.91 Å². The highest BCUT2D eigenvalue weighted by atomic mass is 16.3. The van der Waals surface area contributed by atoms with E-state index in [1.807, 2.05) is 30.3 Å². The molecule has 0 bridgehead atoms. The summed E-state index contributed by atoms with van der Waals surface area (Å²) >= 11 is 0. The maximum absolute atomic E-state index is 11.8. The van der Waals surface area contributed by atoms with Gasteiger partial charge in [0.1, 0.15) is 0 Å². The minimum absolute atomic E-state index is 0.232. The maximum atomic E-state index is 11.8. The van der Waals surface area contributed by atoms with Crippen LogP contribution in [0.4, 0.5) is 0 Å². The van der Waals surface area contributed by atoms with E-state index < -0.39 is 11.9 Å². The van der Waals surface area contributed by atoms with Gasteiger partial charge in [0.05, 0.1) is 24.9 Å². The van der Waals surface area contributed by atoms with E-state index in [0.717, 1.165) is 5.69 Å². The number of carbonyl (C=O) groups is 1. The van der Waals surface area contributed by atoms with Crippen molar-refractivity contribution in [2.24, 2.45) is 0 Å². The third-order valence-corrected chi connectivity index (χ3v) is 2.62. The van der Waals surface area contributed by atoms with Gasteiger partial charge in [-0.1, -0.05) is 18.2 Å². The van der Waals surface area contributed by atoms with Crippen molar-refractivity contribution in [3.63, 3.8) is 0 Å². The fourth-order valence-electron chi connectivity index (χ4n) is 1.58. The average Bonchev–Trinajstić information content (AvgIpc) is 2.95. The van der Waals surface area contributed by atoms with Crippen LogP contribution in [0.15, 0.2) is 42.6 Å². The van der Waals surface area contributed by atoms with Crippen LogP contribution in [-0.2, 0) is 0 Å². The Kier molecular flexibility index (Phi) is 4.27. The van der Waals surface area contributed by atoms with Crippen LogP contribution in [0, 0.1) is 0 Å². The second kappa shape index (κ2) is 6.12. The first-order valence-corrected chi connectivity index (χ1v) is 5.88. The number of aliphatic hydroxyl groups is 2. The molecule has 0 atom stereocenters. The van der Waals surface area contributed by atoms with E-state index in [9.17, 15) is 4.79 Å². The lowest BCUT2D eigenvalue weighted by atomic mass is 10.3. The fourth-order valence-corrected chi connectivity index (χ4v) is 1.58. The van der Waals surface area contributed by atoms with Crippen molar-refractivity contribution < 1.29 is 15.0 Å². The molecule has 19 heavy (non-hydrogen) atoms. The number of amides is 1. The smallest absolute Gasteiger partial charge is 0.272 e. The highest BCUT2D eigenvalue weighted by Gasteiger charge is 2.14. The van der Waals surface area contributed by atoms with Gasteiger partial charge < -0.3 is 15.5 Å². The van der Waals surface area contributed by atoms with Crippen molar-refractivity contribution in [2.75, 3.05) is 13.2 Å². The second-order valence-corrected chi connectivity index (χ2v) is 4.02. The van der Waals surface area contributed by atoms with Crippen LogP contribution in [0.2, 0.25) is 0 Å². The van der Waals surface area contributed by atoms with Gasteiger partial charge in [-0.25, -0.2) is 4.68 Å². The summed E-state index contributed by atoms with van der Waals surface area (Å²) in [5.74, 6) is -0.428. The number of aliphatic hydroxyl groups excluding tert-OH is 2. The molecule has 1 heterocycles. The van der Waals surface area contributed by atoms with E-state index in [2.05, 4.69) is 10.4 Å². The first-order chi connectivity index (χ1) is 9.24. The lowest BCUT2D eigenvalue weighted by Crippen LogP contribution is -2.40. The van der Waals surface area contributed by atoms with E-state index in [0.29, 0.717) is 0 Å². The third kappa shape index (κ3) is 3.18. The standard InChI is InChI=1S/C13H15N3O3/c17-8-10(9-18)14-13(19)12-6-7-16(15-12)11-4-2-1-3-5-11/h1-7,10,17-18H,8-9H2,(H,14,19). The normalized spacial score (nSPS) is 10.7. The highest BCUT2D eigenvalue weighted by Crippen LogP contribution is 2.06. The molecule has 1 aromatic heterocycles. The molecular formula is C13H15N3O3. The average molecular weight is 261 g/mol. The first-order valence-electron chi connectivity index (χ1n) is 5.88. The molecular weight excluding hydrogens is 246 g/mol. The molecule has 0 unspecified atom stereocenters. The SMILES string of the molecule is O=C(NC(CO)CO)c1ccn(-c2ccccc2)n1. The predicted octanol–water partition coefficient (Wildman–Crippen LogP) is -0.0447. The van der Waals surface area contributed by atoms with E-state index >= 15 is 0 Å². The molecule has 0 aliphatic heterocycles. The van der Waals surface area contributed by atoms with Gasteiger partial charge in [0.2, 0.25) is 0 Å². The number of nitrogens with one attached hydrogen (secondary N) is 1. The largest absolute Gasteiger partial charge is 0.394 e. The number of nitrogens with zero attached hydrogens (tertiary/aromatic N) is 2. The van der Waals surface area contributed by atoms with Crippen LogP contribution in [0.3, 0.4) is 0 Å². The summed E-state index contributed by atoms with van der Waals surface area (Å²) in [7, 11) is 0. The van der Waals surface area contributed by atoms with Gasteiger partial charge in [-0.3, -0.25) is 4.79 Å². The van der Waals surface area contributed by atoms with E-state index in [4.69, 9.17) is 10.2 Å². The topological polar surface area (TPSA) is 87.4 Å². The van der Waals surface area contributed by atoms with Crippen molar-refractivity contribution in [3.05, 3.63) is 48.3 Å². The molecule has 3 N–H and O–H groups in total. The van der Waals surface area contributed by atoms with Crippen LogP contribution in [0.5, 0.6) is 0 Å². The van der Waals surface area contributed by atoms with Gasteiger partial charge in [-0.2, -0.15) is 5.10 Å². The summed E-state index contributed by atoms with van der Waals surface area (Å²) in [4.78, 5) is 11.8. The van der Waals surface area contributed by atoms with Crippen molar-refractivity contribution in [2.45, 2.75) is 6.04 Å². The summed E-state index contributed by atoms with van der Waals surface area (Å²) in [6.07, 6.45) is 1.68. The van der Waals surface area contributed by atoms with Gasteiger partial charge in [0, 0.05) is 6.20 Å². The van der Waals surface area contributed by atoms with Crippen molar-refractivity contribution >= 4 is 5.91 Å². The molecule has 2 aromatic rings. The molecule has 100 valence electrons. The van der Waals surface area contributed by atoms with E-state index in [1.54, 1.807) is 16.9 Å². The van der Waals surface area contributed by atoms with Crippen molar-refractivity contribution in [1.29, 1.82) is 0 Å². The van der Waals surface area contributed by atoms with Gasteiger partial charge in [-0.05, 0) is 18.2 Å². The molecule has 0 spiro atoms. The Labute approximate surface area is 110 Å². The zero-order valence-corrected chi connectivity index (χ0v) is 10.2. The number of hydrogen-bond acceptors (Lipinski definition) is 4. The zero-order chi connectivity index (χ0) is 13.7. The molecule has 6 nitrogen and oxygen atoms in total. The third-order valence-electron chi connectivity index (χ3n) is 2.62. The zero-order valence-electron chi connectivity index (χ0n) is 10.2. The molecule has 0 saturated carbocycles.